The van der Waals surface area contributed by atoms with Gasteiger partial charge < -0.3 is 9.30 Å². The molecule has 1 aromatic carbocycles. The van der Waals surface area contributed by atoms with Crippen molar-refractivity contribution in [3.63, 3.8) is 0 Å². The van der Waals surface area contributed by atoms with Crippen LogP contribution in [0, 0.1) is 5.82 Å². The Balaban J connectivity index is 2.31. The van der Waals surface area contributed by atoms with Crippen LogP contribution in [-0.4, -0.2) is 22.8 Å². The van der Waals surface area contributed by atoms with Crippen LogP contribution < -0.4 is 0 Å². The van der Waals surface area contributed by atoms with Crippen LogP contribution in [0.1, 0.15) is 31.5 Å². The van der Waals surface area contributed by atoms with E-state index in [4.69, 9.17) is 16.3 Å². The van der Waals surface area contributed by atoms with Crippen molar-refractivity contribution in [1.29, 1.82) is 0 Å². The molecule has 0 spiro atoms. The van der Waals surface area contributed by atoms with E-state index in [-0.39, 0.29) is 16.7 Å². The van der Waals surface area contributed by atoms with Gasteiger partial charge in [0, 0.05) is 12.7 Å². The molecule has 0 saturated carbocycles. The molecular weight excluding hydrogens is 347 g/mol. The number of rotatable bonds is 2. The number of ether oxygens (including phenoxy) is 1. The Morgan fingerprint density at radius 2 is 2.30 bits per heavy atom. The van der Waals surface area contributed by atoms with Crippen LogP contribution in [0.2, 0.25) is 0 Å². The van der Waals surface area contributed by atoms with Gasteiger partial charge in [0.2, 0.25) is 0 Å². The predicted molar refractivity (Wildman–Crippen MR) is 80.7 cm³/mol. The normalized spacial score (nSPS) is 24.4. The highest BCUT2D eigenvalue weighted by molar-refractivity contribution is 9.10. The lowest BCUT2D eigenvalue weighted by Gasteiger charge is -2.28. The van der Waals surface area contributed by atoms with Crippen molar-refractivity contribution < 1.29 is 9.13 Å². The zero-order chi connectivity index (χ0) is 14.5. The Morgan fingerprint density at radius 1 is 1.55 bits per heavy atom. The molecule has 0 bridgehead atoms. The van der Waals surface area contributed by atoms with E-state index in [0.29, 0.717) is 17.7 Å². The van der Waals surface area contributed by atoms with E-state index in [1.165, 1.54) is 6.07 Å². The van der Waals surface area contributed by atoms with E-state index >= 15 is 0 Å². The van der Waals surface area contributed by atoms with Crippen molar-refractivity contribution in [3.05, 3.63) is 28.2 Å². The lowest BCUT2D eigenvalue weighted by atomic mass is 10.0. The van der Waals surface area contributed by atoms with E-state index in [9.17, 15) is 4.39 Å². The van der Waals surface area contributed by atoms with Crippen molar-refractivity contribution in [1.82, 2.24) is 9.55 Å². The zero-order valence-electron chi connectivity index (χ0n) is 11.3. The molecule has 2 unspecified atom stereocenters. The maximum Gasteiger partial charge on any atom is 0.139 e. The molecule has 2 atom stereocenters. The smallest absolute Gasteiger partial charge is 0.139 e. The Hall–Kier alpha value is -0.650. The molecule has 3 rings (SSSR count). The van der Waals surface area contributed by atoms with E-state index in [1.54, 1.807) is 6.07 Å². The molecule has 0 N–H and O–H groups in total. The summed E-state index contributed by atoms with van der Waals surface area (Å²) < 4.78 is 21.9. The van der Waals surface area contributed by atoms with Gasteiger partial charge in [-0.25, -0.2) is 9.37 Å². The molecular formula is C14H15BrClFN2O. The summed E-state index contributed by atoms with van der Waals surface area (Å²) >= 11 is 9.47. The van der Waals surface area contributed by atoms with Crippen LogP contribution in [0.25, 0.3) is 11.0 Å². The maximum absolute atomic E-state index is 13.9. The van der Waals surface area contributed by atoms with Gasteiger partial charge in [-0.1, -0.05) is 0 Å². The average molecular weight is 362 g/mol. The molecule has 1 aromatic heterocycles. The van der Waals surface area contributed by atoms with Gasteiger partial charge in [0.15, 0.2) is 0 Å². The first-order chi connectivity index (χ1) is 9.42. The van der Waals surface area contributed by atoms with Crippen molar-refractivity contribution in [3.8, 4) is 0 Å². The molecule has 20 heavy (non-hydrogen) atoms. The summed E-state index contributed by atoms with van der Waals surface area (Å²) in [5, 5.41) is -0.248. The summed E-state index contributed by atoms with van der Waals surface area (Å²) in [5.74, 6) is 0.460. The summed E-state index contributed by atoms with van der Waals surface area (Å²) in [5.41, 5.74) is 1.28. The maximum atomic E-state index is 13.9. The highest BCUT2D eigenvalue weighted by Crippen LogP contribution is 2.36. The summed E-state index contributed by atoms with van der Waals surface area (Å²) in [6.45, 7) is 5.27. The molecule has 0 aliphatic carbocycles. The fourth-order valence-electron chi connectivity index (χ4n) is 2.76. The molecule has 0 radical (unpaired) electrons. The number of hydrogen-bond acceptors (Lipinski definition) is 2. The number of benzene rings is 1. The highest BCUT2D eigenvalue weighted by atomic mass is 79.9. The zero-order valence-corrected chi connectivity index (χ0v) is 13.6. The van der Waals surface area contributed by atoms with Crippen molar-refractivity contribution in [2.45, 2.75) is 31.2 Å². The molecule has 1 saturated heterocycles. The van der Waals surface area contributed by atoms with Crippen LogP contribution in [-0.2, 0) is 10.3 Å². The van der Waals surface area contributed by atoms with Crippen LogP contribution in [0.5, 0.6) is 0 Å². The number of imidazole rings is 1. The first-order valence-corrected chi connectivity index (χ1v) is 7.75. The Morgan fingerprint density at radius 3 is 2.90 bits per heavy atom. The van der Waals surface area contributed by atoms with Gasteiger partial charge in [-0.15, -0.1) is 11.6 Å². The summed E-state index contributed by atoms with van der Waals surface area (Å²) in [6.07, 6.45) is 0.868. The van der Waals surface area contributed by atoms with Crippen LogP contribution in [0.4, 0.5) is 4.39 Å². The number of halogens is 3. The minimum Gasteiger partial charge on any atom is -0.379 e. The second-order valence-electron chi connectivity index (χ2n) is 5.48. The lowest BCUT2D eigenvalue weighted by Crippen LogP contribution is -2.32. The third-order valence-electron chi connectivity index (χ3n) is 3.82. The minimum absolute atomic E-state index is 0.229. The number of fused-ring (bicyclic) bond motifs is 1. The molecule has 6 heteroatoms. The predicted octanol–water partition coefficient (Wildman–Crippen LogP) is 4.37. The SMILES string of the molecule is CC(Cl)c1nc2cc(Br)c(F)cc2n1C1(C)CCOC1. The molecule has 2 heterocycles. The average Bonchev–Trinajstić information content (AvgIpc) is 2.95. The summed E-state index contributed by atoms with van der Waals surface area (Å²) in [6, 6.07) is 3.21. The van der Waals surface area contributed by atoms with Crippen LogP contribution >= 0.6 is 27.5 Å². The standard InChI is InChI=1S/C14H15BrClFN2O/c1-8(16)13-18-11-5-9(15)10(17)6-12(11)19(13)14(2)3-4-20-7-14/h5-6,8H,3-4,7H2,1-2H3. The Labute approximate surface area is 130 Å². The van der Waals surface area contributed by atoms with Gasteiger partial charge in [0.1, 0.15) is 11.6 Å². The van der Waals surface area contributed by atoms with E-state index in [1.807, 2.05) is 11.5 Å². The van der Waals surface area contributed by atoms with E-state index < -0.39 is 0 Å². The number of nitrogens with zero attached hydrogens (tertiary/aromatic N) is 2. The van der Waals surface area contributed by atoms with Gasteiger partial charge in [0.25, 0.3) is 0 Å². The van der Waals surface area contributed by atoms with Crippen molar-refractivity contribution in [2.24, 2.45) is 0 Å². The second-order valence-corrected chi connectivity index (χ2v) is 6.98. The fourth-order valence-corrected chi connectivity index (χ4v) is 3.24. The van der Waals surface area contributed by atoms with Gasteiger partial charge >= 0.3 is 0 Å². The third-order valence-corrected chi connectivity index (χ3v) is 4.62. The van der Waals surface area contributed by atoms with Crippen molar-refractivity contribution in [2.75, 3.05) is 13.2 Å². The van der Waals surface area contributed by atoms with Gasteiger partial charge in [0.05, 0.1) is 33.0 Å². The minimum atomic E-state index is -0.296. The number of hydrogen-bond donors (Lipinski definition) is 0. The monoisotopic (exact) mass is 360 g/mol. The number of alkyl halides is 1. The van der Waals surface area contributed by atoms with E-state index in [2.05, 4.69) is 27.8 Å². The van der Waals surface area contributed by atoms with Gasteiger partial charge in [-0.2, -0.15) is 0 Å². The van der Waals surface area contributed by atoms with E-state index in [0.717, 1.165) is 23.3 Å². The molecule has 1 aliphatic heterocycles. The summed E-state index contributed by atoms with van der Waals surface area (Å²) in [4.78, 5) is 4.58. The Kier molecular flexibility index (Phi) is 3.55. The quantitative estimate of drug-likeness (QED) is 0.743. The molecule has 2 aromatic rings. The first-order valence-electron chi connectivity index (χ1n) is 6.52. The number of aromatic nitrogens is 2. The third kappa shape index (κ3) is 2.16. The molecule has 1 fully saturated rings. The molecule has 108 valence electrons. The molecule has 1 aliphatic rings. The lowest BCUT2D eigenvalue weighted by molar-refractivity contribution is 0.162. The van der Waals surface area contributed by atoms with Crippen molar-refractivity contribution >= 4 is 38.6 Å². The molecule has 0 amide bonds. The second kappa shape index (κ2) is 4.97. The fraction of sp³-hybridized carbons (Fsp3) is 0.500. The highest BCUT2D eigenvalue weighted by Gasteiger charge is 2.36. The Bertz CT molecular complexity index is 665. The van der Waals surface area contributed by atoms with Gasteiger partial charge in [-0.05, 0) is 42.3 Å². The topological polar surface area (TPSA) is 27.1 Å². The summed E-state index contributed by atoms with van der Waals surface area (Å²) in [7, 11) is 0. The first kappa shape index (κ1) is 14.3. The van der Waals surface area contributed by atoms with Gasteiger partial charge in [-0.3, -0.25) is 0 Å². The van der Waals surface area contributed by atoms with Crippen LogP contribution in [0.3, 0.4) is 0 Å². The molecule has 3 nitrogen and oxygen atoms in total. The van der Waals surface area contributed by atoms with Crippen LogP contribution in [0.15, 0.2) is 16.6 Å². The largest absolute Gasteiger partial charge is 0.379 e.